The molecule has 1 aliphatic heterocycles. The standard InChI is InChI=1S/C15H29N3O2/c1-12-3-2-6-15(9-12,11-19)17-14(20)10-18-7-4-13(16)5-8-18/h12-13,19H,2-11,16H2,1H3,(H,17,20). The van der Waals surface area contributed by atoms with Crippen LogP contribution in [0.2, 0.25) is 0 Å². The number of hydrogen-bond acceptors (Lipinski definition) is 4. The molecule has 4 N–H and O–H groups in total. The maximum Gasteiger partial charge on any atom is 0.234 e. The number of piperidine rings is 1. The second-order valence-corrected chi connectivity index (χ2v) is 6.80. The molecule has 1 saturated carbocycles. The summed E-state index contributed by atoms with van der Waals surface area (Å²) >= 11 is 0. The van der Waals surface area contributed by atoms with Gasteiger partial charge in [0.15, 0.2) is 0 Å². The minimum Gasteiger partial charge on any atom is -0.394 e. The maximum absolute atomic E-state index is 12.2. The van der Waals surface area contributed by atoms with Crippen LogP contribution >= 0.6 is 0 Å². The number of rotatable bonds is 4. The summed E-state index contributed by atoms with van der Waals surface area (Å²) in [7, 11) is 0. The average molecular weight is 283 g/mol. The van der Waals surface area contributed by atoms with Crippen molar-refractivity contribution in [1.29, 1.82) is 0 Å². The predicted molar refractivity (Wildman–Crippen MR) is 79.2 cm³/mol. The van der Waals surface area contributed by atoms with Gasteiger partial charge in [-0.3, -0.25) is 9.69 Å². The molecule has 1 amide bonds. The van der Waals surface area contributed by atoms with E-state index in [4.69, 9.17) is 5.73 Å². The highest BCUT2D eigenvalue weighted by molar-refractivity contribution is 5.79. The van der Waals surface area contributed by atoms with Crippen molar-refractivity contribution in [2.45, 2.75) is 57.0 Å². The van der Waals surface area contributed by atoms with Gasteiger partial charge in [-0.1, -0.05) is 19.8 Å². The molecule has 2 rings (SSSR count). The zero-order valence-corrected chi connectivity index (χ0v) is 12.6. The molecule has 2 atom stereocenters. The Morgan fingerprint density at radius 2 is 2.10 bits per heavy atom. The lowest BCUT2D eigenvalue weighted by Gasteiger charge is -2.40. The topological polar surface area (TPSA) is 78.6 Å². The predicted octanol–water partition coefficient (Wildman–Crippen LogP) is 0.467. The number of carbonyl (C=O) groups excluding carboxylic acids is 1. The third-order valence-electron chi connectivity index (χ3n) is 4.80. The molecule has 5 nitrogen and oxygen atoms in total. The van der Waals surface area contributed by atoms with Crippen LogP contribution in [0.15, 0.2) is 0 Å². The van der Waals surface area contributed by atoms with Gasteiger partial charge in [-0.05, 0) is 31.6 Å². The van der Waals surface area contributed by atoms with Gasteiger partial charge in [-0.25, -0.2) is 0 Å². The average Bonchev–Trinajstić information content (AvgIpc) is 2.41. The Kier molecular flexibility index (Phi) is 5.41. The van der Waals surface area contributed by atoms with Gasteiger partial charge in [0.05, 0.1) is 18.7 Å². The van der Waals surface area contributed by atoms with E-state index in [0.29, 0.717) is 12.5 Å². The van der Waals surface area contributed by atoms with E-state index in [1.54, 1.807) is 0 Å². The first-order valence-electron chi connectivity index (χ1n) is 7.93. The number of carbonyl (C=O) groups is 1. The van der Waals surface area contributed by atoms with E-state index in [-0.39, 0.29) is 24.1 Å². The van der Waals surface area contributed by atoms with Crippen molar-refractivity contribution >= 4 is 5.91 Å². The first-order valence-corrected chi connectivity index (χ1v) is 7.93. The van der Waals surface area contributed by atoms with E-state index >= 15 is 0 Å². The number of amides is 1. The SMILES string of the molecule is CC1CCCC(CO)(NC(=O)CN2CCC(N)CC2)C1. The second-order valence-electron chi connectivity index (χ2n) is 6.80. The Balaban J connectivity index is 1.83. The number of aliphatic hydroxyl groups is 1. The van der Waals surface area contributed by atoms with Crippen LogP contribution in [0.1, 0.15) is 45.4 Å². The molecule has 2 fully saturated rings. The fraction of sp³-hybridized carbons (Fsp3) is 0.933. The summed E-state index contributed by atoms with van der Waals surface area (Å²) in [6, 6.07) is 0.289. The molecule has 0 aromatic rings. The molecule has 0 aromatic carbocycles. The van der Waals surface area contributed by atoms with Gasteiger partial charge in [0.1, 0.15) is 0 Å². The van der Waals surface area contributed by atoms with E-state index in [1.807, 2.05) is 0 Å². The number of nitrogens with two attached hydrogens (primary N) is 1. The molecule has 1 aliphatic carbocycles. The van der Waals surface area contributed by atoms with Crippen LogP contribution in [0.5, 0.6) is 0 Å². The molecular weight excluding hydrogens is 254 g/mol. The van der Waals surface area contributed by atoms with E-state index in [9.17, 15) is 9.90 Å². The summed E-state index contributed by atoms with van der Waals surface area (Å²) in [5.74, 6) is 0.618. The Morgan fingerprint density at radius 3 is 2.70 bits per heavy atom. The van der Waals surface area contributed by atoms with Crippen LogP contribution in [0, 0.1) is 5.92 Å². The van der Waals surface area contributed by atoms with Crippen molar-refractivity contribution in [3.05, 3.63) is 0 Å². The normalized spacial score (nSPS) is 33.0. The van der Waals surface area contributed by atoms with Gasteiger partial charge in [0, 0.05) is 19.1 Å². The van der Waals surface area contributed by atoms with Gasteiger partial charge in [0.2, 0.25) is 5.91 Å². The van der Waals surface area contributed by atoms with E-state index in [0.717, 1.165) is 45.2 Å². The molecule has 0 radical (unpaired) electrons. The number of likely N-dealkylation sites (tertiary alicyclic amines) is 1. The molecule has 0 bridgehead atoms. The summed E-state index contributed by atoms with van der Waals surface area (Å²) in [5, 5.41) is 12.8. The van der Waals surface area contributed by atoms with Crippen LogP contribution in [0.3, 0.4) is 0 Å². The smallest absolute Gasteiger partial charge is 0.234 e. The Bertz CT molecular complexity index is 329. The minimum absolute atomic E-state index is 0.0450. The molecule has 5 heteroatoms. The minimum atomic E-state index is -0.388. The highest BCUT2D eigenvalue weighted by Crippen LogP contribution is 2.31. The highest BCUT2D eigenvalue weighted by Gasteiger charge is 2.36. The Hall–Kier alpha value is -0.650. The number of nitrogens with one attached hydrogen (secondary N) is 1. The van der Waals surface area contributed by atoms with E-state index in [1.165, 1.54) is 6.42 Å². The molecule has 116 valence electrons. The van der Waals surface area contributed by atoms with Gasteiger partial charge in [-0.2, -0.15) is 0 Å². The van der Waals surface area contributed by atoms with Crippen LogP contribution in [-0.4, -0.2) is 53.7 Å². The molecule has 2 unspecified atom stereocenters. The molecule has 0 aromatic heterocycles. The summed E-state index contributed by atoms with van der Waals surface area (Å²) in [4.78, 5) is 14.4. The number of hydrogen-bond donors (Lipinski definition) is 3. The van der Waals surface area contributed by atoms with Crippen LogP contribution < -0.4 is 11.1 Å². The fourth-order valence-electron chi connectivity index (χ4n) is 3.61. The van der Waals surface area contributed by atoms with Crippen LogP contribution in [-0.2, 0) is 4.79 Å². The lowest BCUT2D eigenvalue weighted by molar-refractivity contribution is -0.125. The summed E-state index contributed by atoms with van der Waals surface area (Å²) in [6.45, 7) is 4.48. The Labute approximate surface area is 121 Å². The van der Waals surface area contributed by atoms with Crippen molar-refractivity contribution in [3.63, 3.8) is 0 Å². The lowest BCUT2D eigenvalue weighted by atomic mass is 9.77. The quantitative estimate of drug-likeness (QED) is 0.701. The molecule has 2 aliphatic rings. The zero-order valence-electron chi connectivity index (χ0n) is 12.6. The first-order chi connectivity index (χ1) is 9.53. The van der Waals surface area contributed by atoms with E-state index < -0.39 is 0 Å². The lowest BCUT2D eigenvalue weighted by Crippen LogP contribution is -2.56. The number of aliphatic hydroxyl groups excluding tert-OH is 1. The summed E-state index contributed by atoms with van der Waals surface area (Å²) in [6.07, 6.45) is 6.00. The highest BCUT2D eigenvalue weighted by atomic mass is 16.3. The van der Waals surface area contributed by atoms with Crippen LogP contribution in [0.25, 0.3) is 0 Å². The number of nitrogens with zero attached hydrogens (tertiary/aromatic N) is 1. The third kappa shape index (κ3) is 4.17. The fourth-order valence-corrected chi connectivity index (χ4v) is 3.61. The molecular formula is C15H29N3O2. The monoisotopic (exact) mass is 283 g/mol. The van der Waals surface area contributed by atoms with Gasteiger partial charge >= 0.3 is 0 Å². The summed E-state index contributed by atoms with van der Waals surface area (Å²) < 4.78 is 0. The summed E-state index contributed by atoms with van der Waals surface area (Å²) in [5.41, 5.74) is 5.49. The second kappa shape index (κ2) is 6.87. The van der Waals surface area contributed by atoms with Crippen molar-refractivity contribution < 1.29 is 9.90 Å². The molecule has 1 saturated heterocycles. The van der Waals surface area contributed by atoms with Crippen molar-refractivity contribution in [3.8, 4) is 0 Å². The third-order valence-corrected chi connectivity index (χ3v) is 4.80. The van der Waals surface area contributed by atoms with Gasteiger partial charge < -0.3 is 16.2 Å². The van der Waals surface area contributed by atoms with Crippen molar-refractivity contribution in [2.75, 3.05) is 26.2 Å². The first kappa shape index (κ1) is 15.7. The van der Waals surface area contributed by atoms with E-state index in [2.05, 4.69) is 17.1 Å². The van der Waals surface area contributed by atoms with Crippen molar-refractivity contribution in [2.24, 2.45) is 11.7 Å². The molecule has 20 heavy (non-hydrogen) atoms. The maximum atomic E-state index is 12.2. The van der Waals surface area contributed by atoms with Gasteiger partial charge in [0.25, 0.3) is 0 Å². The van der Waals surface area contributed by atoms with Crippen LogP contribution in [0.4, 0.5) is 0 Å². The molecule has 1 heterocycles. The Morgan fingerprint density at radius 1 is 1.40 bits per heavy atom. The van der Waals surface area contributed by atoms with Crippen molar-refractivity contribution in [1.82, 2.24) is 10.2 Å². The zero-order chi connectivity index (χ0) is 14.6. The van der Waals surface area contributed by atoms with Gasteiger partial charge in [-0.15, -0.1) is 0 Å². The largest absolute Gasteiger partial charge is 0.394 e. The molecule has 0 spiro atoms.